The lowest BCUT2D eigenvalue weighted by Gasteiger charge is -2.38. The third-order valence-corrected chi connectivity index (χ3v) is 5.61. The van der Waals surface area contributed by atoms with Crippen molar-refractivity contribution in [2.24, 2.45) is 4.99 Å². The van der Waals surface area contributed by atoms with Crippen LogP contribution in [0.2, 0.25) is 0 Å². The summed E-state index contributed by atoms with van der Waals surface area (Å²) >= 11 is 0. The number of ether oxygens (including phenoxy) is 2. The van der Waals surface area contributed by atoms with Gasteiger partial charge in [-0.25, -0.2) is 4.99 Å². The molecule has 0 unspecified atom stereocenters. The Morgan fingerprint density at radius 2 is 1.62 bits per heavy atom. The van der Waals surface area contributed by atoms with Crippen LogP contribution in [0.25, 0.3) is 5.57 Å². The molecule has 0 spiro atoms. The first-order chi connectivity index (χ1) is 13.8. The second kappa shape index (κ2) is 6.76. The Hall–Kier alpha value is -3.08. The molecular formula is C24H26N2O3. The lowest BCUT2D eigenvalue weighted by Crippen LogP contribution is -2.47. The molecule has 2 heterocycles. The van der Waals surface area contributed by atoms with Gasteiger partial charge in [0.15, 0.2) is 0 Å². The number of amides is 1. The monoisotopic (exact) mass is 390 g/mol. The fourth-order valence-corrected chi connectivity index (χ4v) is 4.26. The Kier molecular flexibility index (Phi) is 4.49. The van der Waals surface area contributed by atoms with Gasteiger partial charge in [-0.05, 0) is 50.5 Å². The fraction of sp³-hybridized carbons (Fsp3) is 0.333. The number of allylic oxidation sites excluding steroid dienone is 1. The third-order valence-electron chi connectivity index (χ3n) is 5.61. The summed E-state index contributed by atoms with van der Waals surface area (Å²) in [7, 11) is 3.20. The van der Waals surface area contributed by atoms with Gasteiger partial charge < -0.3 is 9.47 Å². The topological polar surface area (TPSA) is 51.1 Å². The molecule has 0 saturated carbocycles. The van der Waals surface area contributed by atoms with Gasteiger partial charge in [-0.1, -0.05) is 13.0 Å². The minimum absolute atomic E-state index is 0.0787. The van der Waals surface area contributed by atoms with Gasteiger partial charge in [0.2, 0.25) is 0 Å². The molecule has 0 atom stereocenters. The molecule has 2 aliphatic heterocycles. The lowest BCUT2D eigenvalue weighted by molar-refractivity contribution is -0.112. The molecule has 0 bridgehead atoms. The summed E-state index contributed by atoms with van der Waals surface area (Å²) in [6.45, 7) is 8.36. The molecule has 29 heavy (non-hydrogen) atoms. The van der Waals surface area contributed by atoms with E-state index in [4.69, 9.17) is 14.5 Å². The van der Waals surface area contributed by atoms with E-state index < -0.39 is 5.54 Å². The van der Waals surface area contributed by atoms with Crippen molar-refractivity contribution in [1.82, 2.24) is 0 Å². The molecule has 2 aliphatic rings. The van der Waals surface area contributed by atoms with E-state index in [2.05, 4.69) is 45.9 Å². The lowest BCUT2D eigenvalue weighted by atomic mass is 9.88. The van der Waals surface area contributed by atoms with Gasteiger partial charge in [0, 0.05) is 29.3 Å². The fourth-order valence-electron chi connectivity index (χ4n) is 4.26. The van der Waals surface area contributed by atoms with Gasteiger partial charge in [0.1, 0.15) is 17.2 Å². The summed E-state index contributed by atoms with van der Waals surface area (Å²) in [4.78, 5) is 20.2. The van der Waals surface area contributed by atoms with Crippen LogP contribution < -0.4 is 14.4 Å². The molecule has 0 aliphatic carbocycles. The van der Waals surface area contributed by atoms with Gasteiger partial charge in [-0.2, -0.15) is 0 Å². The molecular weight excluding hydrogens is 364 g/mol. The van der Waals surface area contributed by atoms with E-state index in [1.165, 1.54) is 11.1 Å². The number of methoxy groups -OCH3 is 2. The predicted octanol–water partition coefficient (Wildman–Crippen LogP) is 4.93. The van der Waals surface area contributed by atoms with Crippen LogP contribution in [0.4, 0.5) is 11.4 Å². The first kappa shape index (κ1) is 19.2. The Bertz CT molecular complexity index is 1060. The number of anilines is 1. The van der Waals surface area contributed by atoms with Crippen molar-refractivity contribution >= 4 is 28.6 Å². The maximum atomic E-state index is 13.5. The van der Waals surface area contributed by atoms with E-state index in [1.807, 2.05) is 17.0 Å². The molecule has 0 N–H and O–H groups in total. The smallest absolute Gasteiger partial charge is 0.278 e. The summed E-state index contributed by atoms with van der Waals surface area (Å²) in [5.41, 5.74) is 6.02. The third kappa shape index (κ3) is 3.01. The van der Waals surface area contributed by atoms with Crippen LogP contribution in [0.1, 0.15) is 44.4 Å². The van der Waals surface area contributed by atoms with Crippen LogP contribution in [-0.4, -0.2) is 31.4 Å². The van der Waals surface area contributed by atoms with Crippen molar-refractivity contribution in [3.05, 3.63) is 53.1 Å². The van der Waals surface area contributed by atoms with Crippen LogP contribution >= 0.6 is 0 Å². The summed E-state index contributed by atoms with van der Waals surface area (Å²) < 4.78 is 10.7. The molecule has 2 aromatic rings. The average Bonchev–Trinajstić information content (AvgIpc) is 2.98. The van der Waals surface area contributed by atoms with Crippen molar-refractivity contribution < 1.29 is 14.3 Å². The Morgan fingerprint density at radius 1 is 1.00 bits per heavy atom. The van der Waals surface area contributed by atoms with Crippen molar-refractivity contribution in [2.75, 3.05) is 19.1 Å². The van der Waals surface area contributed by atoms with E-state index in [-0.39, 0.29) is 5.91 Å². The molecule has 0 aromatic heterocycles. The Balaban J connectivity index is 1.96. The van der Waals surface area contributed by atoms with E-state index in [0.29, 0.717) is 22.9 Å². The molecule has 150 valence electrons. The second-order valence-corrected chi connectivity index (χ2v) is 8.05. The second-order valence-electron chi connectivity index (χ2n) is 8.05. The quantitative estimate of drug-likeness (QED) is 0.744. The van der Waals surface area contributed by atoms with Gasteiger partial charge in [0.25, 0.3) is 5.91 Å². The number of benzene rings is 2. The molecule has 2 aromatic carbocycles. The molecule has 0 radical (unpaired) electrons. The van der Waals surface area contributed by atoms with Crippen molar-refractivity contribution in [2.45, 2.75) is 39.7 Å². The highest BCUT2D eigenvalue weighted by Gasteiger charge is 2.45. The zero-order chi connectivity index (χ0) is 20.9. The molecule has 0 saturated heterocycles. The number of carbonyl (C=O) groups excluding carboxylic acids is 1. The van der Waals surface area contributed by atoms with Crippen LogP contribution in [-0.2, 0) is 11.2 Å². The van der Waals surface area contributed by atoms with Crippen molar-refractivity contribution in [3.63, 3.8) is 0 Å². The number of aryl methyl sites for hydroxylation is 1. The zero-order valence-corrected chi connectivity index (χ0v) is 17.8. The molecule has 1 amide bonds. The Morgan fingerprint density at radius 3 is 2.21 bits per heavy atom. The van der Waals surface area contributed by atoms with E-state index in [1.54, 1.807) is 20.3 Å². The van der Waals surface area contributed by atoms with E-state index >= 15 is 0 Å². The first-order valence-electron chi connectivity index (χ1n) is 9.82. The maximum Gasteiger partial charge on any atom is 0.278 e. The minimum atomic E-state index is -0.417. The van der Waals surface area contributed by atoms with Crippen LogP contribution in [0.15, 0.2) is 41.4 Å². The van der Waals surface area contributed by atoms with E-state index in [9.17, 15) is 4.79 Å². The van der Waals surface area contributed by atoms with E-state index in [0.717, 1.165) is 23.2 Å². The number of hydrogen-bond acceptors (Lipinski definition) is 4. The van der Waals surface area contributed by atoms with Crippen LogP contribution in [0, 0.1) is 0 Å². The number of aliphatic imine (C=N–C) groups is 1. The summed E-state index contributed by atoms with van der Waals surface area (Å²) in [5.74, 6) is 1.19. The predicted molar refractivity (Wildman–Crippen MR) is 117 cm³/mol. The Labute approximate surface area is 171 Å². The van der Waals surface area contributed by atoms with Crippen LogP contribution in [0.5, 0.6) is 11.5 Å². The SMILES string of the molecule is CCc1cc2c3c(c1)C(=Nc1cc(OC)cc(OC)c1)C(=O)N3C(C)(C)C=C2C. The first-order valence-corrected chi connectivity index (χ1v) is 9.82. The van der Waals surface area contributed by atoms with Gasteiger partial charge in [-0.3, -0.25) is 9.69 Å². The molecule has 5 nitrogen and oxygen atoms in total. The summed E-state index contributed by atoms with van der Waals surface area (Å²) in [6.07, 6.45) is 3.05. The largest absolute Gasteiger partial charge is 0.497 e. The number of hydrogen-bond donors (Lipinski definition) is 0. The van der Waals surface area contributed by atoms with Gasteiger partial charge in [-0.15, -0.1) is 0 Å². The average molecular weight is 390 g/mol. The maximum absolute atomic E-state index is 13.5. The highest BCUT2D eigenvalue weighted by Crippen LogP contribution is 2.46. The standard InChI is InChI=1S/C24H26N2O3/c1-7-15-8-19-14(2)13-24(3,4)26-22(19)20(9-15)21(23(26)27)25-16-10-17(28-5)12-18(11-16)29-6/h8-13H,7H2,1-6H3. The molecule has 4 rings (SSSR count). The summed E-state index contributed by atoms with van der Waals surface area (Å²) in [5, 5.41) is 0. The minimum Gasteiger partial charge on any atom is -0.497 e. The number of carbonyl (C=O) groups is 1. The number of nitrogens with zero attached hydrogens (tertiary/aromatic N) is 2. The highest BCUT2D eigenvalue weighted by atomic mass is 16.5. The highest BCUT2D eigenvalue weighted by molar-refractivity contribution is 6.55. The zero-order valence-electron chi connectivity index (χ0n) is 17.8. The molecule has 5 heteroatoms. The van der Waals surface area contributed by atoms with Gasteiger partial charge in [0.05, 0.1) is 31.1 Å². The normalized spacial score (nSPS) is 18.0. The summed E-state index contributed by atoms with van der Waals surface area (Å²) in [6, 6.07) is 9.70. The molecule has 0 fully saturated rings. The van der Waals surface area contributed by atoms with Gasteiger partial charge >= 0.3 is 0 Å². The van der Waals surface area contributed by atoms with Crippen molar-refractivity contribution in [1.29, 1.82) is 0 Å². The van der Waals surface area contributed by atoms with Crippen LogP contribution in [0.3, 0.4) is 0 Å². The van der Waals surface area contributed by atoms with Crippen molar-refractivity contribution in [3.8, 4) is 11.5 Å². The number of rotatable bonds is 4.